The number of carbonyl (C=O) groups is 1. The number of nitrogens with zero attached hydrogens (tertiary/aromatic N) is 4. The molecule has 1 fully saturated rings. The number of hydrazine groups is 1. The van der Waals surface area contributed by atoms with Crippen LogP contribution in [0.4, 0.5) is 5.69 Å². The van der Waals surface area contributed by atoms with E-state index in [0.29, 0.717) is 26.1 Å². The molecule has 0 radical (unpaired) electrons. The van der Waals surface area contributed by atoms with Crippen LogP contribution in [0.25, 0.3) is 10.9 Å². The van der Waals surface area contributed by atoms with Gasteiger partial charge in [-0.2, -0.15) is 5.10 Å². The van der Waals surface area contributed by atoms with Gasteiger partial charge < -0.3 is 15.4 Å². The first kappa shape index (κ1) is 24.1. The number of benzene rings is 2. The van der Waals surface area contributed by atoms with Crippen LogP contribution in [0.1, 0.15) is 25.3 Å². The second-order valence-electron chi connectivity index (χ2n) is 9.85. The van der Waals surface area contributed by atoms with Crippen molar-refractivity contribution in [3.63, 3.8) is 0 Å². The summed E-state index contributed by atoms with van der Waals surface area (Å²) in [7, 11) is 1.66. The summed E-state index contributed by atoms with van der Waals surface area (Å²) in [5.41, 5.74) is 15.9. The SMILES string of the molecule is COc1cccc(CN2C[C@@H](C(N)=O)CC[C@]2(C)C2=CCN(c3ccc4cn[nH]c4c3)C(N)N2N)c1. The predicted molar refractivity (Wildman–Crippen MR) is 139 cm³/mol. The van der Waals surface area contributed by atoms with E-state index in [-0.39, 0.29) is 11.8 Å². The van der Waals surface area contributed by atoms with Crippen molar-refractivity contribution >= 4 is 22.5 Å². The van der Waals surface area contributed by atoms with Crippen LogP contribution in [0.5, 0.6) is 5.75 Å². The third-order valence-electron chi connectivity index (χ3n) is 7.70. The van der Waals surface area contributed by atoms with Gasteiger partial charge in [-0.25, -0.2) is 5.84 Å². The zero-order chi connectivity index (χ0) is 25.4. The fourth-order valence-corrected chi connectivity index (χ4v) is 5.48. The van der Waals surface area contributed by atoms with Gasteiger partial charge in [0.25, 0.3) is 0 Å². The van der Waals surface area contributed by atoms with E-state index in [1.54, 1.807) is 18.3 Å². The lowest BCUT2D eigenvalue weighted by Gasteiger charge is -2.53. The van der Waals surface area contributed by atoms with E-state index >= 15 is 0 Å². The fraction of sp³-hybridized carbons (Fsp3) is 0.385. The third-order valence-corrected chi connectivity index (χ3v) is 7.70. The molecule has 2 aromatic carbocycles. The summed E-state index contributed by atoms with van der Waals surface area (Å²) in [4.78, 5) is 16.5. The van der Waals surface area contributed by atoms with Crippen molar-refractivity contribution in [1.82, 2.24) is 20.1 Å². The Morgan fingerprint density at radius 2 is 2.11 bits per heavy atom. The Bertz CT molecular complexity index is 1290. The number of H-pyrrole nitrogens is 1. The lowest BCUT2D eigenvalue weighted by Crippen LogP contribution is -2.66. The van der Waals surface area contributed by atoms with Crippen molar-refractivity contribution in [3.05, 3.63) is 66.0 Å². The molecule has 3 heterocycles. The van der Waals surface area contributed by atoms with Crippen molar-refractivity contribution in [2.24, 2.45) is 23.2 Å². The molecule has 1 saturated heterocycles. The van der Waals surface area contributed by atoms with Gasteiger partial charge in [0.15, 0.2) is 6.29 Å². The van der Waals surface area contributed by atoms with Crippen LogP contribution in [0.3, 0.4) is 0 Å². The molecule has 190 valence electrons. The van der Waals surface area contributed by atoms with Crippen molar-refractivity contribution in [1.29, 1.82) is 0 Å². The van der Waals surface area contributed by atoms with Crippen LogP contribution in [0.2, 0.25) is 0 Å². The molecular formula is C26H34N8O2. The molecule has 0 spiro atoms. The number of likely N-dealkylation sites (tertiary alicyclic amines) is 1. The van der Waals surface area contributed by atoms with Crippen LogP contribution in [0, 0.1) is 5.92 Å². The second kappa shape index (κ2) is 9.45. The molecule has 3 aromatic rings. The number of nitrogens with two attached hydrogens (primary N) is 3. The number of hydrogen-bond donors (Lipinski definition) is 4. The Balaban J connectivity index is 1.45. The summed E-state index contributed by atoms with van der Waals surface area (Å²) >= 11 is 0. The molecule has 10 nitrogen and oxygen atoms in total. The maximum atomic E-state index is 12.1. The number of hydrogen-bond acceptors (Lipinski definition) is 8. The van der Waals surface area contributed by atoms with Gasteiger partial charge in [-0.3, -0.25) is 25.5 Å². The van der Waals surface area contributed by atoms with E-state index < -0.39 is 11.8 Å². The van der Waals surface area contributed by atoms with Gasteiger partial charge in [-0.05, 0) is 61.7 Å². The number of ether oxygens (including phenoxy) is 1. The summed E-state index contributed by atoms with van der Waals surface area (Å²) in [6, 6.07) is 14.0. The zero-order valence-corrected chi connectivity index (χ0v) is 20.7. The number of anilines is 1. The highest BCUT2D eigenvalue weighted by atomic mass is 16.5. The molecule has 7 N–H and O–H groups in total. The van der Waals surface area contributed by atoms with E-state index in [9.17, 15) is 4.79 Å². The Labute approximate surface area is 210 Å². The first-order chi connectivity index (χ1) is 17.3. The van der Waals surface area contributed by atoms with Crippen molar-refractivity contribution in [2.75, 3.05) is 25.1 Å². The minimum Gasteiger partial charge on any atom is -0.497 e. The van der Waals surface area contributed by atoms with Crippen molar-refractivity contribution in [3.8, 4) is 5.75 Å². The summed E-state index contributed by atoms with van der Waals surface area (Å²) in [5.74, 6) is 7.00. The highest BCUT2D eigenvalue weighted by molar-refractivity contribution is 5.82. The van der Waals surface area contributed by atoms with Crippen molar-refractivity contribution < 1.29 is 9.53 Å². The van der Waals surface area contributed by atoms with Crippen LogP contribution in [0.15, 0.2) is 60.4 Å². The smallest absolute Gasteiger partial charge is 0.221 e. The number of aromatic nitrogens is 2. The molecule has 5 rings (SSSR count). The maximum Gasteiger partial charge on any atom is 0.221 e. The molecule has 1 aromatic heterocycles. The van der Waals surface area contributed by atoms with E-state index in [0.717, 1.165) is 40.0 Å². The van der Waals surface area contributed by atoms with Gasteiger partial charge in [0.1, 0.15) is 5.75 Å². The Morgan fingerprint density at radius 1 is 1.28 bits per heavy atom. The minimum atomic E-state index is -0.560. The summed E-state index contributed by atoms with van der Waals surface area (Å²) in [5, 5.41) is 9.81. The lowest BCUT2D eigenvalue weighted by atomic mass is 9.79. The number of rotatable bonds is 6. The maximum absolute atomic E-state index is 12.1. The van der Waals surface area contributed by atoms with Gasteiger partial charge in [-0.15, -0.1) is 0 Å². The molecule has 0 saturated carbocycles. The molecule has 0 aliphatic carbocycles. The number of methoxy groups -OCH3 is 1. The second-order valence-corrected chi connectivity index (χ2v) is 9.85. The number of fused-ring (bicyclic) bond motifs is 1. The molecular weight excluding hydrogens is 456 g/mol. The van der Waals surface area contributed by atoms with Gasteiger partial charge in [-0.1, -0.05) is 12.1 Å². The van der Waals surface area contributed by atoms with Crippen LogP contribution in [-0.2, 0) is 11.3 Å². The number of primary amides is 1. The molecule has 2 aliphatic rings. The normalized spacial score (nSPS) is 25.2. The molecule has 2 aliphatic heterocycles. The largest absolute Gasteiger partial charge is 0.497 e. The molecule has 10 heteroatoms. The number of carbonyl (C=O) groups excluding carboxylic acids is 1. The van der Waals surface area contributed by atoms with Gasteiger partial charge >= 0.3 is 0 Å². The number of piperidine rings is 1. The van der Waals surface area contributed by atoms with E-state index in [4.69, 9.17) is 22.0 Å². The lowest BCUT2D eigenvalue weighted by molar-refractivity contribution is -0.125. The van der Waals surface area contributed by atoms with Gasteiger partial charge in [0, 0.05) is 30.7 Å². The zero-order valence-electron chi connectivity index (χ0n) is 20.7. The van der Waals surface area contributed by atoms with E-state index in [1.165, 1.54) is 0 Å². The van der Waals surface area contributed by atoms with Crippen LogP contribution >= 0.6 is 0 Å². The van der Waals surface area contributed by atoms with E-state index in [2.05, 4.69) is 39.1 Å². The van der Waals surface area contributed by atoms with Gasteiger partial charge in [0.05, 0.1) is 36.0 Å². The Hall–Kier alpha value is -3.60. The quantitative estimate of drug-likeness (QED) is 0.384. The van der Waals surface area contributed by atoms with Crippen LogP contribution < -0.4 is 26.9 Å². The van der Waals surface area contributed by atoms with Crippen molar-refractivity contribution in [2.45, 2.75) is 38.1 Å². The minimum absolute atomic E-state index is 0.217. The fourth-order valence-electron chi connectivity index (χ4n) is 5.48. The molecule has 1 unspecified atom stereocenters. The predicted octanol–water partition coefficient (Wildman–Crippen LogP) is 1.85. The molecule has 0 bridgehead atoms. The topological polar surface area (TPSA) is 143 Å². The molecule has 1 amide bonds. The first-order valence-corrected chi connectivity index (χ1v) is 12.2. The van der Waals surface area contributed by atoms with Gasteiger partial charge in [0.2, 0.25) is 5.91 Å². The first-order valence-electron chi connectivity index (χ1n) is 12.2. The highest BCUT2D eigenvalue weighted by Gasteiger charge is 2.46. The number of aromatic amines is 1. The number of amides is 1. The summed E-state index contributed by atoms with van der Waals surface area (Å²) in [6.45, 7) is 3.95. The number of nitrogens with one attached hydrogen (secondary N) is 1. The van der Waals surface area contributed by atoms with E-state index in [1.807, 2.05) is 36.4 Å². The highest BCUT2D eigenvalue weighted by Crippen LogP contribution is 2.40. The molecule has 36 heavy (non-hydrogen) atoms. The monoisotopic (exact) mass is 490 g/mol. The molecule has 3 atom stereocenters. The summed E-state index contributed by atoms with van der Waals surface area (Å²) < 4.78 is 5.42. The standard InChI is InChI=1S/C26H34N8O2/c1-26(10-8-19(24(27)35)16-32(26)15-17-4-3-5-21(12-17)36-2)23-9-11-33(25(28)34(23)29)20-7-6-18-14-30-31-22(18)13-20/h3-7,9,12-14,19,25H,8,10-11,15-16,28-29H2,1-2H3,(H2,27,35)(H,30,31)/t19-,25?,26+/m0/s1. The summed E-state index contributed by atoms with van der Waals surface area (Å²) in [6.07, 6.45) is 4.80. The Morgan fingerprint density at radius 3 is 2.89 bits per heavy atom. The van der Waals surface area contributed by atoms with Crippen LogP contribution in [-0.4, -0.2) is 58.0 Å². The Kier molecular flexibility index (Phi) is 6.33. The average Bonchev–Trinajstić information content (AvgIpc) is 3.35. The average molecular weight is 491 g/mol. The third kappa shape index (κ3) is 4.27.